The Kier molecular flexibility index (Phi) is 4.47. The molecule has 1 atom stereocenters. The van der Waals surface area contributed by atoms with Gasteiger partial charge in [0.15, 0.2) is 0 Å². The number of hydrogen-bond donors (Lipinski definition) is 1. The molecule has 1 aliphatic rings. The number of aryl methyl sites for hydroxylation is 2. The maximum Gasteiger partial charge on any atom is 0.242 e. The zero-order valence-electron chi connectivity index (χ0n) is 13.3. The number of aromatic nitrogens is 2. The molecule has 2 aromatic rings. The van der Waals surface area contributed by atoms with Crippen LogP contribution in [0.5, 0.6) is 0 Å². The molecular weight excluding hydrogens is 312 g/mol. The molecule has 3 rings (SSSR count). The molecule has 2 aromatic heterocycles. The molecule has 0 saturated carbocycles. The van der Waals surface area contributed by atoms with Crippen LogP contribution in [-0.4, -0.2) is 34.2 Å². The molecule has 0 fully saturated rings. The fourth-order valence-corrected chi connectivity index (χ4v) is 3.49. The second-order valence-electron chi connectivity index (χ2n) is 5.68. The van der Waals surface area contributed by atoms with Gasteiger partial charge in [0, 0.05) is 23.9 Å². The van der Waals surface area contributed by atoms with Crippen LogP contribution < -0.4 is 10.2 Å². The van der Waals surface area contributed by atoms with Gasteiger partial charge < -0.3 is 5.32 Å². The Morgan fingerprint density at radius 1 is 1.52 bits per heavy atom. The van der Waals surface area contributed by atoms with E-state index in [4.69, 9.17) is 0 Å². The van der Waals surface area contributed by atoms with E-state index in [1.165, 1.54) is 4.88 Å². The molecule has 0 bridgehead atoms. The lowest BCUT2D eigenvalue weighted by Gasteiger charge is -2.31. The summed E-state index contributed by atoms with van der Waals surface area (Å²) in [6.45, 7) is 4.80. The van der Waals surface area contributed by atoms with Crippen LogP contribution in [0.4, 0.5) is 5.82 Å². The largest absolute Gasteiger partial charge is 0.354 e. The minimum absolute atomic E-state index is 0.0293. The van der Waals surface area contributed by atoms with Gasteiger partial charge in [0.2, 0.25) is 11.8 Å². The van der Waals surface area contributed by atoms with E-state index in [9.17, 15) is 9.59 Å². The van der Waals surface area contributed by atoms with Crippen molar-refractivity contribution in [3.8, 4) is 0 Å². The highest BCUT2D eigenvalue weighted by atomic mass is 32.1. The number of hydrogen-bond acceptors (Lipinski definition) is 4. The molecule has 122 valence electrons. The first-order valence-electron chi connectivity index (χ1n) is 7.73. The van der Waals surface area contributed by atoms with E-state index >= 15 is 0 Å². The Balaban J connectivity index is 1.65. The van der Waals surface area contributed by atoms with E-state index < -0.39 is 6.04 Å². The van der Waals surface area contributed by atoms with E-state index in [1.54, 1.807) is 27.8 Å². The van der Waals surface area contributed by atoms with Gasteiger partial charge in [-0.15, -0.1) is 11.3 Å². The molecule has 1 N–H and O–H groups in total. The number of rotatable bonds is 5. The molecule has 2 amide bonds. The van der Waals surface area contributed by atoms with Gasteiger partial charge in [-0.25, -0.2) is 4.68 Å². The third-order valence-corrected chi connectivity index (χ3v) is 4.89. The first kappa shape index (κ1) is 15.7. The molecule has 1 aliphatic heterocycles. The van der Waals surface area contributed by atoms with E-state index in [-0.39, 0.29) is 11.8 Å². The quantitative estimate of drug-likeness (QED) is 0.907. The normalized spacial score (nSPS) is 15.4. The molecule has 0 unspecified atom stereocenters. The Labute approximate surface area is 139 Å². The van der Waals surface area contributed by atoms with E-state index in [0.29, 0.717) is 25.3 Å². The Morgan fingerprint density at radius 2 is 2.35 bits per heavy atom. The lowest BCUT2D eigenvalue weighted by atomic mass is 10.2. The van der Waals surface area contributed by atoms with Gasteiger partial charge in [-0.2, -0.15) is 5.10 Å². The van der Waals surface area contributed by atoms with Crippen molar-refractivity contribution in [3.63, 3.8) is 0 Å². The van der Waals surface area contributed by atoms with Crippen molar-refractivity contribution in [2.45, 2.75) is 39.3 Å². The zero-order chi connectivity index (χ0) is 16.4. The molecule has 0 saturated heterocycles. The molecule has 3 heterocycles. The van der Waals surface area contributed by atoms with Gasteiger partial charge in [0.25, 0.3) is 0 Å². The number of thiophene rings is 1. The van der Waals surface area contributed by atoms with Crippen LogP contribution in [-0.2, 0) is 22.6 Å². The topological polar surface area (TPSA) is 67.2 Å². The Morgan fingerprint density at radius 3 is 3.09 bits per heavy atom. The van der Waals surface area contributed by atoms with Gasteiger partial charge in [-0.1, -0.05) is 6.07 Å². The van der Waals surface area contributed by atoms with Crippen LogP contribution in [0.15, 0.2) is 23.6 Å². The minimum Gasteiger partial charge on any atom is -0.354 e. The summed E-state index contributed by atoms with van der Waals surface area (Å²) in [7, 11) is 0. The van der Waals surface area contributed by atoms with Crippen LogP contribution in [0.25, 0.3) is 0 Å². The summed E-state index contributed by atoms with van der Waals surface area (Å²) in [6.07, 6.45) is 1.18. The molecule has 7 heteroatoms. The van der Waals surface area contributed by atoms with Crippen molar-refractivity contribution < 1.29 is 9.59 Å². The van der Waals surface area contributed by atoms with Gasteiger partial charge in [-0.3, -0.25) is 14.5 Å². The maximum absolute atomic E-state index is 12.4. The number of carbonyl (C=O) groups excluding carboxylic acids is 2. The summed E-state index contributed by atoms with van der Waals surface area (Å²) >= 11 is 1.68. The first-order valence-corrected chi connectivity index (χ1v) is 8.61. The minimum atomic E-state index is -0.541. The van der Waals surface area contributed by atoms with Crippen molar-refractivity contribution >= 4 is 29.0 Å². The smallest absolute Gasteiger partial charge is 0.242 e. The van der Waals surface area contributed by atoms with Gasteiger partial charge in [0.05, 0.1) is 12.2 Å². The Hall–Kier alpha value is -2.15. The predicted molar refractivity (Wildman–Crippen MR) is 89.6 cm³/mol. The number of nitrogens with zero attached hydrogens (tertiary/aromatic N) is 3. The van der Waals surface area contributed by atoms with Crippen molar-refractivity contribution in [1.82, 2.24) is 15.1 Å². The van der Waals surface area contributed by atoms with Crippen molar-refractivity contribution in [2.75, 3.05) is 11.4 Å². The molecule has 0 aliphatic carbocycles. The van der Waals surface area contributed by atoms with E-state index in [1.807, 2.05) is 24.4 Å². The van der Waals surface area contributed by atoms with Crippen LogP contribution in [0.2, 0.25) is 0 Å². The zero-order valence-corrected chi connectivity index (χ0v) is 14.1. The number of nitrogens with one attached hydrogen (secondary N) is 1. The van der Waals surface area contributed by atoms with E-state index in [0.717, 1.165) is 12.1 Å². The molecule has 6 nitrogen and oxygen atoms in total. The number of fused-ring (bicyclic) bond motifs is 1. The predicted octanol–water partition coefficient (Wildman–Crippen LogP) is 1.74. The summed E-state index contributed by atoms with van der Waals surface area (Å²) in [5, 5.41) is 9.31. The molecular formula is C16H20N4O2S. The van der Waals surface area contributed by atoms with Crippen LogP contribution in [0.1, 0.15) is 23.9 Å². The summed E-state index contributed by atoms with van der Waals surface area (Å²) in [5.41, 5.74) is 0.852. The average Bonchev–Trinajstić information content (AvgIpc) is 3.15. The number of carbonyl (C=O) groups is 2. The summed E-state index contributed by atoms with van der Waals surface area (Å²) < 4.78 is 1.80. The van der Waals surface area contributed by atoms with Crippen LogP contribution in [0, 0.1) is 6.92 Å². The highest BCUT2D eigenvalue weighted by molar-refractivity contribution is 7.09. The lowest BCUT2D eigenvalue weighted by Crippen LogP contribution is -2.51. The van der Waals surface area contributed by atoms with Crippen LogP contribution in [0.3, 0.4) is 0 Å². The van der Waals surface area contributed by atoms with Gasteiger partial charge >= 0.3 is 0 Å². The Bertz CT molecular complexity index is 708. The molecule has 0 radical (unpaired) electrons. The first-order chi connectivity index (χ1) is 11.1. The number of anilines is 1. The summed E-state index contributed by atoms with van der Waals surface area (Å²) in [4.78, 5) is 27.5. The van der Waals surface area contributed by atoms with Crippen molar-refractivity contribution in [2.24, 2.45) is 0 Å². The summed E-state index contributed by atoms with van der Waals surface area (Å²) in [6, 6.07) is 5.36. The van der Waals surface area contributed by atoms with Crippen molar-refractivity contribution in [3.05, 3.63) is 34.2 Å². The average molecular weight is 332 g/mol. The summed E-state index contributed by atoms with van der Waals surface area (Å²) in [5.74, 6) is 0.542. The third-order valence-electron chi connectivity index (χ3n) is 3.95. The highest BCUT2D eigenvalue weighted by Crippen LogP contribution is 2.24. The second-order valence-corrected chi connectivity index (χ2v) is 6.71. The molecule has 0 aromatic carbocycles. The van der Waals surface area contributed by atoms with Crippen LogP contribution >= 0.6 is 11.3 Å². The fourth-order valence-electron chi connectivity index (χ4n) is 2.78. The van der Waals surface area contributed by atoms with Gasteiger partial charge in [-0.05, 0) is 31.7 Å². The second kappa shape index (κ2) is 6.54. The molecule has 23 heavy (non-hydrogen) atoms. The monoisotopic (exact) mass is 332 g/mol. The maximum atomic E-state index is 12.4. The highest BCUT2D eigenvalue weighted by Gasteiger charge is 2.32. The lowest BCUT2D eigenvalue weighted by molar-refractivity contribution is -0.126. The van der Waals surface area contributed by atoms with Gasteiger partial charge in [0.1, 0.15) is 11.9 Å². The standard InChI is InChI=1S/C16H20N4O2S/c1-11-10-14-19(18-11)8-6-15(21)20(14)12(2)16(22)17-7-5-13-4-3-9-23-13/h3-4,9-10,12H,5-8H2,1-2H3,(H,17,22)/t12-/m0/s1. The molecule has 0 spiro atoms. The SMILES string of the molecule is Cc1cc2n(n1)CCC(=O)N2[C@@H](C)C(=O)NCCc1cccs1. The number of amides is 2. The van der Waals surface area contributed by atoms with E-state index in [2.05, 4.69) is 16.5 Å². The fraction of sp³-hybridized carbons (Fsp3) is 0.438. The third kappa shape index (κ3) is 3.29. The van der Waals surface area contributed by atoms with Crippen molar-refractivity contribution in [1.29, 1.82) is 0 Å².